The van der Waals surface area contributed by atoms with Crippen LogP contribution in [0.15, 0.2) is 0 Å². The molecule has 1 unspecified atom stereocenters. The fourth-order valence-corrected chi connectivity index (χ4v) is 3.56. The molecule has 1 atom stereocenters. The Hall–Kier alpha value is -0.130. The lowest BCUT2D eigenvalue weighted by atomic mass is 10.0. The van der Waals surface area contributed by atoms with Crippen LogP contribution in [0.1, 0.15) is 33.6 Å². The highest BCUT2D eigenvalue weighted by Crippen LogP contribution is 2.32. The number of nitrogens with zero attached hydrogens (tertiary/aromatic N) is 1. The van der Waals surface area contributed by atoms with Crippen molar-refractivity contribution >= 4 is 10.0 Å². The van der Waals surface area contributed by atoms with Crippen molar-refractivity contribution < 1.29 is 8.42 Å². The maximum atomic E-state index is 12.0. The summed E-state index contributed by atoms with van der Waals surface area (Å²) < 4.78 is 25.5. The molecule has 1 heterocycles. The molecule has 0 saturated carbocycles. The summed E-state index contributed by atoms with van der Waals surface area (Å²) >= 11 is 0. The van der Waals surface area contributed by atoms with Crippen molar-refractivity contribution in [2.24, 2.45) is 5.73 Å². The molecular weight excluding hydrogens is 200 g/mol. The fraction of sp³-hybridized carbons (Fsp3) is 1.00. The summed E-state index contributed by atoms with van der Waals surface area (Å²) in [5, 5.41) is -0.355. The molecule has 0 spiro atoms. The van der Waals surface area contributed by atoms with Gasteiger partial charge in [0, 0.05) is 18.6 Å². The number of hydrogen-bond donors (Lipinski definition) is 1. The largest absolute Gasteiger partial charge is 0.329 e. The van der Waals surface area contributed by atoms with Gasteiger partial charge in [-0.1, -0.05) is 0 Å². The zero-order valence-corrected chi connectivity index (χ0v) is 9.97. The van der Waals surface area contributed by atoms with Gasteiger partial charge in [-0.25, -0.2) is 8.42 Å². The number of nitrogens with two attached hydrogens (primary N) is 1. The number of rotatable bonds is 3. The van der Waals surface area contributed by atoms with Gasteiger partial charge in [-0.3, -0.25) is 0 Å². The summed E-state index contributed by atoms with van der Waals surface area (Å²) in [6, 6.07) is 0. The lowest BCUT2D eigenvalue weighted by Gasteiger charge is -2.34. The van der Waals surface area contributed by atoms with Crippen LogP contribution < -0.4 is 5.73 Å². The van der Waals surface area contributed by atoms with Gasteiger partial charge in [-0.15, -0.1) is 0 Å². The summed E-state index contributed by atoms with van der Waals surface area (Å²) in [4.78, 5) is 0. The van der Waals surface area contributed by atoms with Crippen molar-refractivity contribution in [1.29, 1.82) is 0 Å². The van der Waals surface area contributed by atoms with E-state index in [0.29, 0.717) is 13.1 Å². The summed E-state index contributed by atoms with van der Waals surface area (Å²) in [7, 11) is -3.14. The minimum atomic E-state index is -3.14. The van der Waals surface area contributed by atoms with Gasteiger partial charge in [0.25, 0.3) is 0 Å². The van der Waals surface area contributed by atoms with E-state index in [2.05, 4.69) is 0 Å². The highest BCUT2D eigenvalue weighted by atomic mass is 32.2. The molecule has 1 aliphatic rings. The molecule has 0 aromatic carbocycles. The topological polar surface area (TPSA) is 63.4 Å². The van der Waals surface area contributed by atoms with Crippen LogP contribution in [-0.4, -0.2) is 36.6 Å². The van der Waals surface area contributed by atoms with Crippen LogP contribution in [-0.2, 0) is 10.0 Å². The van der Waals surface area contributed by atoms with Crippen LogP contribution in [0.25, 0.3) is 0 Å². The Morgan fingerprint density at radius 2 is 2.07 bits per heavy atom. The van der Waals surface area contributed by atoms with E-state index < -0.39 is 10.0 Å². The van der Waals surface area contributed by atoms with E-state index in [1.807, 2.05) is 6.92 Å². The molecule has 84 valence electrons. The third-order valence-corrected chi connectivity index (χ3v) is 5.45. The Morgan fingerprint density at radius 1 is 1.50 bits per heavy atom. The van der Waals surface area contributed by atoms with Gasteiger partial charge in [0.05, 0.1) is 5.25 Å². The van der Waals surface area contributed by atoms with Gasteiger partial charge in [-0.05, 0) is 33.6 Å². The van der Waals surface area contributed by atoms with E-state index in [1.54, 1.807) is 18.2 Å². The fourth-order valence-electron chi connectivity index (χ4n) is 1.89. The smallest absolute Gasteiger partial charge is 0.216 e. The third-order valence-electron chi connectivity index (χ3n) is 3.02. The van der Waals surface area contributed by atoms with Crippen LogP contribution in [0.5, 0.6) is 0 Å². The normalized spacial score (nSPS) is 30.1. The Bertz CT molecular complexity index is 300. The van der Waals surface area contributed by atoms with Crippen molar-refractivity contribution in [2.45, 2.75) is 44.4 Å². The average Bonchev–Trinajstić information content (AvgIpc) is 2.48. The second-order valence-electron chi connectivity index (χ2n) is 4.47. The third kappa shape index (κ3) is 1.81. The van der Waals surface area contributed by atoms with Crippen molar-refractivity contribution in [2.75, 3.05) is 13.1 Å². The highest BCUT2D eigenvalue weighted by Gasteiger charge is 2.43. The predicted octanol–water partition coefficient (Wildman–Crippen LogP) is 0.538. The Balaban J connectivity index is 2.99. The number of sulfonamides is 1. The maximum absolute atomic E-state index is 12.0. The molecular formula is C9H20N2O2S. The molecule has 0 radical (unpaired) electrons. The average molecular weight is 220 g/mol. The first-order chi connectivity index (χ1) is 6.34. The van der Waals surface area contributed by atoms with Crippen LogP contribution >= 0.6 is 0 Å². The lowest BCUT2D eigenvalue weighted by molar-refractivity contribution is 0.272. The van der Waals surface area contributed by atoms with Crippen LogP contribution in [0.4, 0.5) is 0 Å². The van der Waals surface area contributed by atoms with Crippen LogP contribution in [0, 0.1) is 0 Å². The molecule has 4 nitrogen and oxygen atoms in total. The van der Waals surface area contributed by atoms with Gasteiger partial charge in [-0.2, -0.15) is 4.31 Å². The summed E-state index contributed by atoms with van der Waals surface area (Å²) in [5.41, 5.74) is 5.29. The van der Waals surface area contributed by atoms with E-state index in [4.69, 9.17) is 5.73 Å². The predicted molar refractivity (Wildman–Crippen MR) is 57.5 cm³/mol. The van der Waals surface area contributed by atoms with E-state index in [0.717, 1.165) is 12.8 Å². The van der Waals surface area contributed by atoms with E-state index >= 15 is 0 Å². The van der Waals surface area contributed by atoms with Gasteiger partial charge in [0.1, 0.15) is 0 Å². The Kier molecular flexibility index (Phi) is 3.23. The molecule has 1 aliphatic heterocycles. The zero-order chi connectivity index (χ0) is 11.0. The van der Waals surface area contributed by atoms with Gasteiger partial charge in [0.15, 0.2) is 0 Å². The molecule has 0 aliphatic carbocycles. The zero-order valence-electron chi connectivity index (χ0n) is 9.16. The maximum Gasteiger partial charge on any atom is 0.216 e. The van der Waals surface area contributed by atoms with Crippen LogP contribution in [0.2, 0.25) is 0 Å². The molecule has 14 heavy (non-hydrogen) atoms. The van der Waals surface area contributed by atoms with E-state index in [1.165, 1.54) is 0 Å². The highest BCUT2D eigenvalue weighted by molar-refractivity contribution is 7.89. The molecule has 1 fully saturated rings. The summed E-state index contributed by atoms with van der Waals surface area (Å²) in [5.74, 6) is 0. The minimum absolute atomic E-state index is 0.355. The van der Waals surface area contributed by atoms with Gasteiger partial charge >= 0.3 is 0 Å². The molecule has 0 aromatic rings. The first-order valence-corrected chi connectivity index (χ1v) is 6.56. The van der Waals surface area contributed by atoms with Crippen LogP contribution in [0.3, 0.4) is 0 Å². The second kappa shape index (κ2) is 3.79. The second-order valence-corrected chi connectivity index (χ2v) is 6.88. The van der Waals surface area contributed by atoms with Gasteiger partial charge in [0.2, 0.25) is 10.0 Å². The van der Waals surface area contributed by atoms with Crippen molar-refractivity contribution in [3.05, 3.63) is 0 Å². The van der Waals surface area contributed by atoms with Crippen molar-refractivity contribution in [3.63, 3.8) is 0 Å². The first kappa shape index (κ1) is 11.9. The SMILES string of the molecule is CC(C)S(=O)(=O)N1CCCC1(C)CN. The minimum Gasteiger partial charge on any atom is -0.329 e. The number of hydrogen-bond acceptors (Lipinski definition) is 3. The Labute approximate surface area is 86.5 Å². The van der Waals surface area contributed by atoms with Gasteiger partial charge < -0.3 is 5.73 Å². The summed E-state index contributed by atoms with van der Waals surface area (Å²) in [6.45, 7) is 6.38. The molecule has 0 bridgehead atoms. The Morgan fingerprint density at radius 3 is 2.50 bits per heavy atom. The summed E-state index contributed by atoms with van der Waals surface area (Å²) in [6.07, 6.45) is 1.79. The monoisotopic (exact) mass is 220 g/mol. The molecule has 0 amide bonds. The van der Waals surface area contributed by atoms with E-state index in [9.17, 15) is 8.42 Å². The van der Waals surface area contributed by atoms with Crippen molar-refractivity contribution in [3.8, 4) is 0 Å². The first-order valence-electron chi connectivity index (χ1n) is 5.06. The van der Waals surface area contributed by atoms with Crippen molar-refractivity contribution in [1.82, 2.24) is 4.31 Å². The van der Waals surface area contributed by atoms with E-state index in [-0.39, 0.29) is 10.8 Å². The molecule has 0 aromatic heterocycles. The molecule has 5 heteroatoms. The lowest BCUT2D eigenvalue weighted by Crippen LogP contribution is -2.51. The quantitative estimate of drug-likeness (QED) is 0.755. The standard InChI is InChI=1S/C9H20N2O2S/c1-8(2)14(12,13)11-6-4-5-9(11,3)7-10/h8H,4-7,10H2,1-3H3. The molecule has 1 rings (SSSR count). The molecule has 1 saturated heterocycles. The molecule has 2 N–H and O–H groups in total.